The SMILES string of the molecule is COc1ccc(/C=C/C(=O)OCC(=O)NNC(=O)c2ccc(OC)c(OC)c2)c(OC)c1. The maximum absolute atomic E-state index is 12.2. The Balaban J connectivity index is 1.83. The number of amides is 2. The van der Waals surface area contributed by atoms with Gasteiger partial charge in [-0.25, -0.2) is 4.79 Å². The Kier molecular flexibility index (Phi) is 8.91. The first-order chi connectivity index (χ1) is 15.4. The molecule has 10 heteroatoms. The van der Waals surface area contributed by atoms with Gasteiger partial charge in [0.25, 0.3) is 11.8 Å². The molecule has 0 spiro atoms. The molecule has 0 aliphatic rings. The molecule has 0 fully saturated rings. The standard InChI is InChI=1S/C22H24N2O8/c1-28-16-8-5-14(18(12-16)30-3)7-10-21(26)32-13-20(25)23-24-22(27)15-6-9-17(29-2)19(11-15)31-4/h5-12H,13H2,1-4H3,(H,23,25)(H,24,27)/b10-7+. The third-order valence-electron chi connectivity index (χ3n) is 4.15. The van der Waals surface area contributed by atoms with Crippen LogP contribution in [0.25, 0.3) is 6.08 Å². The second-order valence-corrected chi connectivity index (χ2v) is 6.12. The van der Waals surface area contributed by atoms with Crippen LogP contribution in [0.3, 0.4) is 0 Å². The van der Waals surface area contributed by atoms with E-state index in [4.69, 9.17) is 23.7 Å². The summed E-state index contributed by atoms with van der Waals surface area (Å²) in [7, 11) is 5.94. The van der Waals surface area contributed by atoms with Crippen molar-refractivity contribution in [1.29, 1.82) is 0 Å². The Bertz CT molecular complexity index is 1000. The van der Waals surface area contributed by atoms with E-state index in [1.54, 1.807) is 24.3 Å². The molecule has 0 saturated carbocycles. The average molecular weight is 444 g/mol. The highest BCUT2D eigenvalue weighted by Crippen LogP contribution is 2.27. The summed E-state index contributed by atoms with van der Waals surface area (Å²) < 4.78 is 25.4. The molecule has 0 aliphatic heterocycles. The summed E-state index contributed by atoms with van der Waals surface area (Å²) in [6.45, 7) is -0.588. The lowest BCUT2D eigenvalue weighted by atomic mass is 10.2. The molecule has 170 valence electrons. The van der Waals surface area contributed by atoms with Crippen molar-refractivity contribution in [1.82, 2.24) is 10.9 Å². The Morgan fingerprint density at radius 3 is 2.19 bits per heavy atom. The van der Waals surface area contributed by atoms with Crippen molar-refractivity contribution in [3.05, 3.63) is 53.6 Å². The fourth-order valence-corrected chi connectivity index (χ4v) is 2.51. The van der Waals surface area contributed by atoms with E-state index in [9.17, 15) is 14.4 Å². The van der Waals surface area contributed by atoms with E-state index < -0.39 is 24.4 Å². The number of carbonyl (C=O) groups excluding carboxylic acids is 3. The average Bonchev–Trinajstić information content (AvgIpc) is 2.83. The van der Waals surface area contributed by atoms with E-state index >= 15 is 0 Å². The van der Waals surface area contributed by atoms with Crippen molar-refractivity contribution >= 4 is 23.9 Å². The first-order valence-electron chi connectivity index (χ1n) is 9.29. The fraction of sp³-hybridized carbons (Fsp3) is 0.227. The zero-order chi connectivity index (χ0) is 23.5. The summed E-state index contributed by atoms with van der Waals surface area (Å²) in [5.74, 6) is -0.123. The third-order valence-corrected chi connectivity index (χ3v) is 4.15. The largest absolute Gasteiger partial charge is 0.497 e. The Labute approximate surface area is 185 Å². The van der Waals surface area contributed by atoms with Crippen molar-refractivity contribution in [2.45, 2.75) is 0 Å². The van der Waals surface area contributed by atoms with Gasteiger partial charge in [0.05, 0.1) is 28.4 Å². The van der Waals surface area contributed by atoms with Crippen LogP contribution in [0.2, 0.25) is 0 Å². The molecular formula is C22H24N2O8. The van der Waals surface area contributed by atoms with E-state index in [2.05, 4.69) is 10.9 Å². The lowest BCUT2D eigenvalue weighted by molar-refractivity contribution is -0.144. The summed E-state index contributed by atoms with van der Waals surface area (Å²) in [6, 6.07) is 9.60. The van der Waals surface area contributed by atoms with Gasteiger partial charge in [0.15, 0.2) is 18.1 Å². The lowest BCUT2D eigenvalue weighted by Gasteiger charge is -2.10. The lowest BCUT2D eigenvalue weighted by Crippen LogP contribution is -2.43. The highest BCUT2D eigenvalue weighted by Gasteiger charge is 2.12. The van der Waals surface area contributed by atoms with Gasteiger partial charge in [-0.3, -0.25) is 20.4 Å². The first kappa shape index (κ1) is 24.1. The van der Waals surface area contributed by atoms with Crippen LogP contribution in [0.1, 0.15) is 15.9 Å². The van der Waals surface area contributed by atoms with E-state index in [0.717, 1.165) is 6.08 Å². The van der Waals surface area contributed by atoms with Gasteiger partial charge in [-0.1, -0.05) is 0 Å². The summed E-state index contributed by atoms with van der Waals surface area (Å²) in [5.41, 5.74) is 5.24. The summed E-state index contributed by atoms with van der Waals surface area (Å²) in [4.78, 5) is 35.9. The molecule has 0 heterocycles. The van der Waals surface area contributed by atoms with Crippen LogP contribution in [0.15, 0.2) is 42.5 Å². The van der Waals surface area contributed by atoms with E-state index in [0.29, 0.717) is 28.6 Å². The predicted molar refractivity (Wildman–Crippen MR) is 115 cm³/mol. The summed E-state index contributed by atoms with van der Waals surface area (Å²) in [5, 5.41) is 0. The van der Waals surface area contributed by atoms with Gasteiger partial charge in [0.2, 0.25) is 0 Å². The van der Waals surface area contributed by atoms with Crippen LogP contribution in [-0.2, 0) is 14.3 Å². The van der Waals surface area contributed by atoms with Gasteiger partial charge in [-0.2, -0.15) is 0 Å². The van der Waals surface area contributed by atoms with Crippen molar-refractivity contribution < 1.29 is 38.1 Å². The number of hydrogen-bond donors (Lipinski definition) is 2. The highest BCUT2D eigenvalue weighted by molar-refractivity contribution is 5.96. The number of hydrogen-bond acceptors (Lipinski definition) is 8. The fourth-order valence-electron chi connectivity index (χ4n) is 2.51. The third kappa shape index (κ3) is 6.66. The Morgan fingerprint density at radius 1 is 0.812 bits per heavy atom. The van der Waals surface area contributed by atoms with E-state index in [1.165, 1.54) is 46.6 Å². The number of methoxy groups -OCH3 is 4. The molecule has 0 bridgehead atoms. The predicted octanol–water partition coefficient (Wildman–Crippen LogP) is 1.74. The van der Waals surface area contributed by atoms with Gasteiger partial charge in [0, 0.05) is 23.3 Å². The minimum Gasteiger partial charge on any atom is -0.497 e. The second kappa shape index (κ2) is 11.8. The van der Waals surface area contributed by atoms with Crippen LogP contribution in [0, 0.1) is 0 Å². The van der Waals surface area contributed by atoms with Crippen LogP contribution in [-0.4, -0.2) is 52.8 Å². The number of esters is 1. The van der Waals surface area contributed by atoms with Gasteiger partial charge in [0.1, 0.15) is 11.5 Å². The van der Waals surface area contributed by atoms with Crippen molar-refractivity contribution in [3.8, 4) is 23.0 Å². The Hall–Kier alpha value is -4.21. The molecule has 0 radical (unpaired) electrons. The van der Waals surface area contributed by atoms with Crippen LogP contribution < -0.4 is 29.8 Å². The number of rotatable bonds is 9. The molecule has 2 amide bonds. The first-order valence-corrected chi connectivity index (χ1v) is 9.29. The molecule has 0 aliphatic carbocycles. The van der Waals surface area contributed by atoms with E-state index in [-0.39, 0.29) is 5.56 Å². The molecule has 0 aromatic heterocycles. The maximum Gasteiger partial charge on any atom is 0.331 e. The molecule has 0 saturated heterocycles. The number of hydrazine groups is 1. The minimum absolute atomic E-state index is 0.233. The molecule has 0 atom stereocenters. The van der Waals surface area contributed by atoms with E-state index in [1.807, 2.05) is 0 Å². The smallest absolute Gasteiger partial charge is 0.331 e. The summed E-state index contributed by atoms with van der Waals surface area (Å²) >= 11 is 0. The van der Waals surface area contributed by atoms with Gasteiger partial charge >= 0.3 is 5.97 Å². The molecule has 2 aromatic rings. The zero-order valence-corrected chi connectivity index (χ0v) is 18.1. The number of benzene rings is 2. The monoisotopic (exact) mass is 444 g/mol. The molecular weight excluding hydrogens is 420 g/mol. The molecule has 2 N–H and O–H groups in total. The second-order valence-electron chi connectivity index (χ2n) is 6.12. The zero-order valence-electron chi connectivity index (χ0n) is 18.1. The molecule has 0 unspecified atom stereocenters. The molecule has 32 heavy (non-hydrogen) atoms. The topological polar surface area (TPSA) is 121 Å². The molecule has 2 aromatic carbocycles. The van der Waals surface area contributed by atoms with Crippen LogP contribution in [0.4, 0.5) is 0 Å². The minimum atomic E-state index is -0.746. The summed E-state index contributed by atoms with van der Waals surface area (Å²) in [6.07, 6.45) is 2.64. The van der Waals surface area contributed by atoms with Crippen molar-refractivity contribution in [2.24, 2.45) is 0 Å². The molecule has 2 rings (SSSR count). The number of nitrogens with one attached hydrogen (secondary N) is 2. The highest BCUT2D eigenvalue weighted by atomic mass is 16.5. The van der Waals surface area contributed by atoms with Gasteiger partial charge in [-0.05, 0) is 36.4 Å². The normalized spacial score (nSPS) is 10.2. The number of carbonyl (C=O) groups is 3. The van der Waals surface area contributed by atoms with Crippen LogP contribution in [0.5, 0.6) is 23.0 Å². The molecule has 10 nitrogen and oxygen atoms in total. The Morgan fingerprint density at radius 2 is 1.53 bits per heavy atom. The number of ether oxygens (including phenoxy) is 5. The van der Waals surface area contributed by atoms with Crippen molar-refractivity contribution in [3.63, 3.8) is 0 Å². The van der Waals surface area contributed by atoms with Gasteiger partial charge < -0.3 is 23.7 Å². The van der Waals surface area contributed by atoms with Crippen molar-refractivity contribution in [2.75, 3.05) is 35.0 Å². The van der Waals surface area contributed by atoms with Gasteiger partial charge in [-0.15, -0.1) is 0 Å². The maximum atomic E-state index is 12.2. The van der Waals surface area contributed by atoms with Crippen LogP contribution >= 0.6 is 0 Å². The quantitative estimate of drug-likeness (QED) is 0.341.